The molecule has 0 atom stereocenters. The van der Waals surface area contributed by atoms with Crippen LogP contribution in [-0.2, 0) is 11.3 Å². The van der Waals surface area contributed by atoms with Gasteiger partial charge in [0.2, 0.25) is 0 Å². The number of alkyl halides is 3. The number of benzene rings is 1. The highest BCUT2D eigenvalue weighted by Crippen LogP contribution is 2.19. The number of methoxy groups -OCH3 is 1. The molecule has 0 saturated heterocycles. The smallest absolute Gasteiger partial charge is 0.411 e. The lowest BCUT2D eigenvalue weighted by molar-refractivity contribution is -0.173. The first-order valence-electron chi connectivity index (χ1n) is 5.88. The van der Waals surface area contributed by atoms with Crippen LogP contribution in [0.25, 0.3) is 0 Å². The van der Waals surface area contributed by atoms with E-state index in [-0.39, 0.29) is 6.61 Å². The molecule has 1 aromatic rings. The summed E-state index contributed by atoms with van der Waals surface area (Å²) in [6, 6.07) is 7.10. The number of nitrogens with one attached hydrogen (secondary N) is 1. The number of hydrogen-bond donors (Lipinski definition) is 1. The van der Waals surface area contributed by atoms with Gasteiger partial charge in [-0.15, -0.1) is 0 Å². The lowest BCUT2D eigenvalue weighted by Crippen LogP contribution is -2.23. The van der Waals surface area contributed by atoms with Crippen LogP contribution >= 0.6 is 0 Å². The Balaban J connectivity index is 2.31. The third kappa shape index (κ3) is 5.91. The number of halogens is 3. The summed E-state index contributed by atoms with van der Waals surface area (Å²) in [5.41, 5.74) is 1.31. The number of nitriles is 1. The first kappa shape index (κ1) is 16.3. The molecule has 0 heterocycles. The third-order valence-corrected chi connectivity index (χ3v) is 2.40. The summed E-state index contributed by atoms with van der Waals surface area (Å²) in [6.45, 7) is -0.498. The average molecular weight is 288 g/mol. The van der Waals surface area contributed by atoms with Gasteiger partial charge in [0.1, 0.15) is 18.4 Å². The molecular weight excluding hydrogens is 273 g/mol. The van der Waals surface area contributed by atoms with Gasteiger partial charge in [0, 0.05) is 13.1 Å². The molecule has 0 aliphatic heterocycles. The van der Waals surface area contributed by atoms with E-state index < -0.39 is 12.8 Å². The van der Waals surface area contributed by atoms with Crippen molar-refractivity contribution in [3.63, 3.8) is 0 Å². The van der Waals surface area contributed by atoms with Crippen LogP contribution < -0.4 is 10.1 Å². The summed E-state index contributed by atoms with van der Waals surface area (Å²) in [7, 11) is 1.47. The van der Waals surface area contributed by atoms with Crippen molar-refractivity contribution in [3.05, 3.63) is 29.3 Å². The molecule has 110 valence electrons. The maximum Gasteiger partial charge on any atom is 0.411 e. The summed E-state index contributed by atoms with van der Waals surface area (Å²) in [6.07, 6.45) is -4.29. The molecule has 0 bridgehead atoms. The van der Waals surface area contributed by atoms with Gasteiger partial charge in [-0.2, -0.15) is 18.4 Å². The Morgan fingerprint density at radius 1 is 1.35 bits per heavy atom. The second-order valence-electron chi connectivity index (χ2n) is 3.99. The van der Waals surface area contributed by atoms with Gasteiger partial charge in [-0.25, -0.2) is 0 Å². The zero-order valence-corrected chi connectivity index (χ0v) is 11.0. The van der Waals surface area contributed by atoms with Crippen LogP contribution in [0, 0.1) is 11.3 Å². The molecule has 0 fully saturated rings. The third-order valence-electron chi connectivity index (χ3n) is 2.40. The molecule has 1 N–H and O–H groups in total. The van der Waals surface area contributed by atoms with Crippen LogP contribution in [0.15, 0.2) is 18.2 Å². The van der Waals surface area contributed by atoms with Crippen molar-refractivity contribution in [2.75, 3.05) is 26.9 Å². The second kappa shape index (κ2) is 7.72. The van der Waals surface area contributed by atoms with Crippen molar-refractivity contribution in [3.8, 4) is 11.8 Å². The van der Waals surface area contributed by atoms with Crippen molar-refractivity contribution in [2.45, 2.75) is 12.7 Å². The van der Waals surface area contributed by atoms with E-state index in [1.807, 2.05) is 6.07 Å². The number of hydrogen-bond acceptors (Lipinski definition) is 4. The van der Waals surface area contributed by atoms with Crippen LogP contribution in [0.2, 0.25) is 0 Å². The highest BCUT2D eigenvalue weighted by Gasteiger charge is 2.27. The van der Waals surface area contributed by atoms with Gasteiger partial charge in [-0.05, 0) is 17.7 Å². The topological polar surface area (TPSA) is 54.3 Å². The largest absolute Gasteiger partial charge is 0.495 e. The quantitative estimate of drug-likeness (QED) is 0.782. The van der Waals surface area contributed by atoms with E-state index in [2.05, 4.69) is 10.1 Å². The molecule has 0 radical (unpaired) electrons. The van der Waals surface area contributed by atoms with Crippen molar-refractivity contribution in [1.82, 2.24) is 5.32 Å². The standard InChI is InChI=1S/C13H15F3N2O2/c1-19-12-6-10(2-3-11(12)7-17)8-18-4-5-20-9-13(14,15)16/h2-3,6,18H,4-5,8-9H2,1H3. The molecule has 0 aliphatic rings. The monoisotopic (exact) mass is 288 g/mol. The Kier molecular flexibility index (Phi) is 6.28. The maximum absolute atomic E-state index is 11.8. The average Bonchev–Trinajstić information content (AvgIpc) is 2.41. The summed E-state index contributed by atoms with van der Waals surface area (Å²) in [5, 5.41) is 11.8. The van der Waals surface area contributed by atoms with E-state index >= 15 is 0 Å². The Morgan fingerprint density at radius 3 is 2.70 bits per heavy atom. The Morgan fingerprint density at radius 2 is 2.10 bits per heavy atom. The van der Waals surface area contributed by atoms with E-state index in [9.17, 15) is 13.2 Å². The van der Waals surface area contributed by atoms with Crippen LogP contribution in [0.5, 0.6) is 5.75 Å². The van der Waals surface area contributed by atoms with Gasteiger partial charge < -0.3 is 14.8 Å². The van der Waals surface area contributed by atoms with E-state index in [1.54, 1.807) is 18.2 Å². The minimum absolute atomic E-state index is 0.0209. The highest BCUT2D eigenvalue weighted by molar-refractivity contribution is 5.45. The molecule has 0 amide bonds. The summed E-state index contributed by atoms with van der Waals surface area (Å²) >= 11 is 0. The fourth-order valence-electron chi connectivity index (χ4n) is 1.50. The molecule has 7 heteroatoms. The summed E-state index contributed by atoms with van der Waals surface area (Å²) in [4.78, 5) is 0. The molecule has 1 rings (SSSR count). The minimum atomic E-state index is -4.29. The molecule has 0 aromatic heterocycles. The number of ether oxygens (including phenoxy) is 2. The van der Waals surface area contributed by atoms with Gasteiger partial charge in [0.05, 0.1) is 19.3 Å². The summed E-state index contributed by atoms with van der Waals surface area (Å²) < 4.78 is 44.9. The number of nitrogens with zero attached hydrogens (tertiary/aromatic N) is 1. The number of rotatable bonds is 7. The van der Waals surface area contributed by atoms with Crippen molar-refractivity contribution in [2.24, 2.45) is 0 Å². The van der Waals surface area contributed by atoms with Gasteiger partial charge in [0.15, 0.2) is 0 Å². The first-order valence-corrected chi connectivity index (χ1v) is 5.88. The predicted octanol–water partition coefficient (Wildman–Crippen LogP) is 2.24. The van der Waals surface area contributed by atoms with Crippen LogP contribution in [0.1, 0.15) is 11.1 Å². The molecular formula is C13H15F3N2O2. The highest BCUT2D eigenvalue weighted by atomic mass is 19.4. The van der Waals surface area contributed by atoms with Gasteiger partial charge in [-0.3, -0.25) is 0 Å². The predicted molar refractivity (Wildman–Crippen MR) is 66.3 cm³/mol. The molecule has 0 spiro atoms. The zero-order valence-electron chi connectivity index (χ0n) is 11.0. The Bertz CT molecular complexity index is 470. The fourth-order valence-corrected chi connectivity index (χ4v) is 1.50. The molecule has 0 aliphatic carbocycles. The SMILES string of the molecule is COc1cc(CNCCOCC(F)(F)F)ccc1C#N. The van der Waals surface area contributed by atoms with Gasteiger partial charge in [-0.1, -0.05) is 6.07 Å². The second-order valence-corrected chi connectivity index (χ2v) is 3.99. The molecule has 0 saturated carbocycles. The molecule has 0 unspecified atom stereocenters. The van der Waals surface area contributed by atoms with E-state index in [4.69, 9.17) is 10.00 Å². The maximum atomic E-state index is 11.8. The zero-order chi connectivity index (χ0) is 15.0. The van der Waals surface area contributed by atoms with Crippen molar-refractivity contribution in [1.29, 1.82) is 5.26 Å². The van der Waals surface area contributed by atoms with E-state index in [0.29, 0.717) is 24.4 Å². The van der Waals surface area contributed by atoms with Crippen LogP contribution in [-0.4, -0.2) is 33.0 Å². The van der Waals surface area contributed by atoms with Crippen LogP contribution in [0.4, 0.5) is 13.2 Å². The molecule has 1 aromatic carbocycles. The van der Waals surface area contributed by atoms with E-state index in [0.717, 1.165) is 5.56 Å². The molecule has 4 nitrogen and oxygen atoms in total. The normalized spacial score (nSPS) is 11.2. The van der Waals surface area contributed by atoms with Gasteiger partial charge in [0.25, 0.3) is 0 Å². The van der Waals surface area contributed by atoms with Crippen molar-refractivity contribution < 1.29 is 22.6 Å². The van der Waals surface area contributed by atoms with Gasteiger partial charge >= 0.3 is 6.18 Å². The lowest BCUT2D eigenvalue weighted by Gasteiger charge is -2.09. The first-order chi connectivity index (χ1) is 9.46. The molecule has 20 heavy (non-hydrogen) atoms. The Hall–Kier alpha value is -1.78. The Labute approximate surface area is 115 Å². The van der Waals surface area contributed by atoms with E-state index in [1.165, 1.54) is 7.11 Å². The fraction of sp³-hybridized carbons (Fsp3) is 0.462. The summed E-state index contributed by atoms with van der Waals surface area (Å²) in [5.74, 6) is 0.472. The van der Waals surface area contributed by atoms with Crippen LogP contribution in [0.3, 0.4) is 0 Å². The lowest BCUT2D eigenvalue weighted by atomic mass is 10.1. The van der Waals surface area contributed by atoms with Crippen molar-refractivity contribution >= 4 is 0 Å². The minimum Gasteiger partial charge on any atom is -0.495 e.